The zero-order valence-electron chi connectivity index (χ0n) is 12.4. The maximum Gasteiger partial charge on any atom is 0.307 e. The summed E-state index contributed by atoms with van der Waals surface area (Å²) in [5.74, 6) is -0.195. The van der Waals surface area contributed by atoms with E-state index in [1.165, 1.54) is 0 Å². The predicted molar refractivity (Wildman–Crippen MR) is 72.3 cm³/mol. The van der Waals surface area contributed by atoms with Gasteiger partial charge in [-0.1, -0.05) is 0 Å². The molecule has 0 atom stereocenters. The van der Waals surface area contributed by atoms with Crippen molar-refractivity contribution in [1.29, 1.82) is 0 Å². The third-order valence-electron chi connectivity index (χ3n) is 2.55. The molecule has 0 rings (SSSR count). The van der Waals surface area contributed by atoms with Crippen LogP contribution in [-0.2, 0) is 23.7 Å². The molecule has 0 radical (unpaired) electrons. The Labute approximate surface area is 115 Å². The first-order valence-electron chi connectivity index (χ1n) is 6.68. The molecule has 0 aromatic rings. The molecule has 6 nitrogen and oxygen atoms in total. The van der Waals surface area contributed by atoms with Crippen LogP contribution in [0.5, 0.6) is 0 Å². The van der Waals surface area contributed by atoms with Crippen molar-refractivity contribution < 1.29 is 23.7 Å². The molecule has 0 aliphatic carbocycles. The molecule has 0 amide bonds. The van der Waals surface area contributed by atoms with Gasteiger partial charge >= 0.3 is 5.97 Å². The number of ether oxygens (including phenoxy) is 4. The first-order chi connectivity index (χ1) is 9.24. The van der Waals surface area contributed by atoms with E-state index >= 15 is 0 Å². The van der Waals surface area contributed by atoms with Gasteiger partial charge in [-0.05, 0) is 6.92 Å². The Hall–Kier alpha value is -0.690. The average Bonchev–Trinajstić information content (AvgIpc) is 2.42. The molecule has 0 aromatic carbocycles. The molecule has 0 fully saturated rings. The number of rotatable bonds is 13. The summed E-state index contributed by atoms with van der Waals surface area (Å²) in [6.07, 6.45) is 0.375. The standard InChI is InChI=1S/C13H27NO5/c1-4-18-11-12-19-13(15)5-6-14(7-9-16-2)8-10-17-3/h4-12H2,1-3H3. The monoisotopic (exact) mass is 277 g/mol. The van der Waals surface area contributed by atoms with E-state index in [-0.39, 0.29) is 5.97 Å². The second-order valence-electron chi connectivity index (χ2n) is 3.99. The molecule has 19 heavy (non-hydrogen) atoms. The topological polar surface area (TPSA) is 57.2 Å². The third-order valence-corrected chi connectivity index (χ3v) is 2.55. The Kier molecular flexibility index (Phi) is 13.2. The molecule has 0 spiro atoms. The van der Waals surface area contributed by atoms with E-state index in [0.717, 1.165) is 13.1 Å². The molecule has 0 saturated heterocycles. The summed E-state index contributed by atoms with van der Waals surface area (Å²) in [5.41, 5.74) is 0. The van der Waals surface area contributed by atoms with E-state index in [4.69, 9.17) is 18.9 Å². The second kappa shape index (κ2) is 13.7. The molecule has 0 heterocycles. The van der Waals surface area contributed by atoms with Gasteiger partial charge in [-0.25, -0.2) is 0 Å². The highest BCUT2D eigenvalue weighted by atomic mass is 16.6. The summed E-state index contributed by atoms with van der Waals surface area (Å²) in [6, 6.07) is 0. The first kappa shape index (κ1) is 18.3. The number of nitrogens with zero attached hydrogens (tertiary/aromatic N) is 1. The minimum Gasteiger partial charge on any atom is -0.463 e. The van der Waals surface area contributed by atoms with Crippen molar-refractivity contribution in [3.05, 3.63) is 0 Å². The minimum atomic E-state index is -0.195. The number of hydrogen-bond donors (Lipinski definition) is 0. The first-order valence-corrected chi connectivity index (χ1v) is 6.68. The molecule has 0 aromatic heterocycles. The number of esters is 1. The summed E-state index contributed by atoms with van der Waals surface area (Å²) in [4.78, 5) is 13.6. The lowest BCUT2D eigenvalue weighted by Crippen LogP contribution is -2.33. The van der Waals surface area contributed by atoms with Crippen molar-refractivity contribution in [1.82, 2.24) is 4.90 Å². The van der Waals surface area contributed by atoms with Crippen LogP contribution >= 0.6 is 0 Å². The Morgan fingerprint density at radius 2 is 1.58 bits per heavy atom. The van der Waals surface area contributed by atoms with Gasteiger partial charge in [-0.2, -0.15) is 0 Å². The van der Waals surface area contributed by atoms with Gasteiger partial charge in [-0.3, -0.25) is 9.69 Å². The lowest BCUT2D eigenvalue weighted by molar-refractivity contribution is -0.145. The van der Waals surface area contributed by atoms with Crippen LogP contribution in [0.2, 0.25) is 0 Å². The van der Waals surface area contributed by atoms with Crippen LogP contribution in [-0.4, -0.2) is 77.8 Å². The fourth-order valence-corrected chi connectivity index (χ4v) is 1.46. The average molecular weight is 277 g/mol. The van der Waals surface area contributed by atoms with Gasteiger partial charge in [0.1, 0.15) is 6.61 Å². The van der Waals surface area contributed by atoms with Crippen molar-refractivity contribution in [2.45, 2.75) is 13.3 Å². The number of hydrogen-bond acceptors (Lipinski definition) is 6. The lowest BCUT2D eigenvalue weighted by Gasteiger charge is -2.20. The van der Waals surface area contributed by atoms with Crippen molar-refractivity contribution in [2.24, 2.45) is 0 Å². The molecule has 0 saturated carbocycles. The zero-order valence-corrected chi connectivity index (χ0v) is 12.4. The minimum absolute atomic E-state index is 0.195. The van der Waals surface area contributed by atoms with Crippen LogP contribution in [0.15, 0.2) is 0 Å². The highest BCUT2D eigenvalue weighted by molar-refractivity contribution is 5.69. The van der Waals surface area contributed by atoms with Gasteiger partial charge in [0.25, 0.3) is 0 Å². The summed E-state index contributed by atoms with van der Waals surface area (Å²) in [7, 11) is 3.33. The second-order valence-corrected chi connectivity index (χ2v) is 3.99. The number of methoxy groups -OCH3 is 2. The van der Waals surface area contributed by atoms with E-state index in [2.05, 4.69) is 4.90 Å². The normalized spacial score (nSPS) is 10.9. The van der Waals surface area contributed by atoms with Crippen LogP contribution < -0.4 is 0 Å². The Bertz CT molecular complexity index is 205. The molecule has 6 heteroatoms. The molecule has 0 N–H and O–H groups in total. The van der Waals surface area contributed by atoms with E-state index in [0.29, 0.717) is 46.0 Å². The molecule has 0 bridgehead atoms. The van der Waals surface area contributed by atoms with E-state index in [1.54, 1.807) is 14.2 Å². The fourth-order valence-electron chi connectivity index (χ4n) is 1.46. The van der Waals surface area contributed by atoms with Crippen molar-refractivity contribution in [2.75, 3.05) is 66.9 Å². The van der Waals surface area contributed by atoms with Crippen molar-refractivity contribution in [3.8, 4) is 0 Å². The molecular formula is C13H27NO5. The summed E-state index contributed by atoms with van der Waals surface area (Å²) in [6.45, 7) is 6.83. The molecule has 0 aliphatic rings. The van der Waals surface area contributed by atoms with Gasteiger partial charge < -0.3 is 18.9 Å². The number of carbonyl (C=O) groups excluding carboxylic acids is 1. The largest absolute Gasteiger partial charge is 0.463 e. The third kappa shape index (κ3) is 12.1. The Balaban J connectivity index is 3.71. The van der Waals surface area contributed by atoms with Gasteiger partial charge in [0.2, 0.25) is 0 Å². The SMILES string of the molecule is CCOCCOC(=O)CCN(CCOC)CCOC. The van der Waals surface area contributed by atoms with Crippen LogP contribution in [0.1, 0.15) is 13.3 Å². The summed E-state index contributed by atoms with van der Waals surface area (Å²) in [5, 5.41) is 0. The van der Waals surface area contributed by atoms with E-state index in [1.807, 2.05) is 6.92 Å². The van der Waals surface area contributed by atoms with Gasteiger partial charge in [0, 0.05) is 40.5 Å². The van der Waals surface area contributed by atoms with Crippen LogP contribution in [0, 0.1) is 0 Å². The smallest absolute Gasteiger partial charge is 0.307 e. The van der Waals surface area contributed by atoms with E-state index < -0.39 is 0 Å². The Morgan fingerprint density at radius 1 is 0.947 bits per heavy atom. The maximum atomic E-state index is 11.5. The summed E-state index contributed by atoms with van der Waals surface area (Å²) < 4.78 is 20.2. The molecule has 0 aliphatic heterocycles. The maximum absolute atomic E-state index is 11.5. The van der Waals surface area contributed by atoms with Gasteiger partial charge in [0.05, 0.1) is 26.2 Å². The van der Waals surface area contributed by atoms with Crippen LogP contribution in [0.4, 0.5) is 0 Å². The predicted octanol–water partition coefficient (Wildman–Crippen LogP) is 0.551. The highest BCUT2D eigenvalue weighted by Gasteiger charge is 2.09. The van der Waals surface area contributed by atoms with Crippen LogP contribution in [0.3, 0.4) is 0 Å². The van der Waals surface area contributed by atoms with Gasteiger partial charge in [-0.15, -0.1) is 0 Å². The van der Waals surface area contributed by atoms with E-state index in [9.17, 15) is 4.79 Å². The molecular weight excluding hydrogens is 250 g/mol. The van der Waals surface area contributed by atoms with Crippen LogP contribution in [0.25, 0.3) is 0 Å². The lowest BCUT2D eigenvalue weighted by atomic mass is 10.3. The molecule has 0 unspecified atom stereocenters. The van der Waals surface area contributed by atoms with Crippen molar-refractivity contribution in [3.63, 3.8) is 0 Å². The fraction of sp³-hybridized carbons (Fsp3) is 0.923. The highest BCUT2D eigenvalue weighted by Crippen LogP contribution is 1.95. The molecule has 114 valence electrons. The quantitative estimate of drug-likeness (QED) is 0.362. The van der Waals surface area contributed by atoms with Crippen molar-refractivity contribution >= 4 is 5.97 Å². The van der Waals surface area contributed by atoms with Gasteiger partial charge in [0.15, 0.2) is 0 Å². The zero-order chi connectivity index (χ0) is 14.3. The number of carbonyl (C=O) groups is 1. The summed E-state index contributed by atoms with van der Waals surface area (Å²) >= 11 is 0. The Morgan fingerprint density at radius 3 is 2.11 bits per heavy atom.